The number of hydrogen-bond donors (Lipinski definition) is 1. The van der Waals surface area contributed by atoms with Crippen LogP contribution < -0.4 is 5.32 Å². The Morgan fingerprint density at radius 3 is 2.14 bits per heavy atom. The van der Waals surface area contributed by atoms with Gasteiger partial charge in [0.25, 0.3) is 11.5 Å². The third-order valence-electron chi connectivity index (χ3n) is 6.70. The number of alkyl halides is 9. The molecular weight excluding hydrogens is 664 g/mol. The smallest absolute Gasteiger partial charge is 0.374 e. The third-order valence-corrected chi connectivity index (χ3v) is 8.54. The Morgan fingerprint density at radius 2 is 1.66 bits per heavy atom. The van der Waals surface area contributed by atoms with Crippen LogP contribution in [0.25, 0.3) is 0 Å². The number of carbonyl (C=O) groups is 1. The number of nitrogens with one attached hydrogen (secondary N) is 1. The quantitative estimate of drug-likeness (QED) is 0.191. The van der Waals surface area contributed by atoms with Gasteiger partial charge in [-0.15, -0.1) is 0 Å². The van der Waals surface area contributed by atoms with Gasteiger partial charge in [-0.3, -0.25) is 4.79 Å². The number of benzene rings is 2. The Kier molecular flexibility index (Phi) is 9.64. The summed E-state index contributed by atoms with van der Waals surface area (Å²) < 4.78 is 158. The maximum atomic E-state index is 14.7. The molecule has 1 heterocycles. The third kappa shape index (κ3) is 6.91. The lowest BCUT2D eigenvalue weighted by Gasteiger charge is -2.38. The second-order valence-corrected chi connectivity index (χ2v) is 12.1. The fourth-order valence-corrected chi connectivity index (χ4v) is 5.32. The van der Waals surface area contributed by atoms with E-state index in [4.69, 9.17) is 16.4 Å². The van der Waals surface area contributed by atoms with Crippen LogP contribution in [0.2, 0.25) is 5.02 Å². The molecule has 0 radical (unpaired) electrons. The molecule has 244 valence electrons. The summed E-state index contributed by atoms with van der Waals surface area (Å²) in [6, 6.07) is 2.88. The zero-order valence-corrected chi connectivity index (χ0v) is 24.3. The van der Waals surface area contributed by atoms with Crippen LogP contribution in [0.5, 0.6) is 0 Å². The van der Waals surface area contributed by atoms with E-state index in [1.807, 2.05) is 0 Å². The first-order valence-electron chi connectivity index (χ1n) is 12.3. The van der Waals surface area contributed by atoms with Crippen LogP contribution in [0.3, 0.4) is 0 Å². The van der Waals surface area contributed by atoms with Crippen molar-refractivity contribution in [2.75, 3.05) is 13.1 Å². The molecule has 1 aliphatic heterocycles. The van der Waals surface area contributed by atoms with Gasteiger partial charge in [0.1, 0.15) is 5.82 Å². The van der Waals surface area contributed by atoms with Crippen molar-refractivity contribution in [3.8, 4) is 0 Å². The summed E-state index contributed by atoms with van der Waals surface area (Å²) in [5.41, 5.74) is -12.3. The van der Waals surface area contributed by atoms with Gasteiger partial charge in [0, 0.05) is 24.2 Å². The predicted molar refractivity (Wildman–Crippen MR) is 137 cm³/mol. The molecule has 0 aliphatic carbocycles. The molecule has 2 aromatic rings. The molecule has 0 saturated carbocycles. The van der Waals surface area contributed by atoms with E-state index in [0.29, 0.717) is 0 Å². The number of aryl methyl sites for hydroxylation is 1. The topological polar surface area (TPSA) is 88.1 Å². The van der Waals surface area contributed by atoms with Gasteiger partial charge < -0.3 is 10.2 Å². The molecule has 1 amide bonds. The first kappa shape index (κ1) is 35.4. The number of sulfonamides is 1. The van der Waals surface area contributed by atoms with Crippen LogP contribution in [-0.2, 0) is 26.6 Å². The highest BCUT2D eigenvalue weighted by Gasteiger charge is 2.58. The molecule has 0 aromatic heterocycles. The van der Waals surface area contributed by atoms with Crippen molar-refractivity contribution in [1.29, 1.82) is 0 Å². The number of nitrogens with zero attached hydrogens (tertiary/aromatic N) is 2. The lowest BCUT2D eigenvalue weighted by atomic mass is 9.92. The normalized spacial score (nSPS) is 17.2. The lowest BCUT2D eigenvalue weighted by molar-refractivity contribution is -0.279. The molecule has 1 aliphatic rings. The van der Waals surface area contributed by atoms with E-state index in [-0.39, 0.29) is 52.2 Å². The molecule has 44 heavy (non-hydrogen) atoms. The highest BCUT2D eigenvalue weighted by Crippen LogP contribution is 2.46. The van der Waals surface area contributed by atoms with Crippen molar-refractivity contribution >= 4 is 33.2 Å². The number of rotatable bonds is 8. The van der Waals surface area contributed by atoms with E-state index in [2.05, 4.69) is 10.5 Å². The highest BCUT2D eigenvalue weighted by molar-refractivity contribution is 7.90. The minimum atomic E-state index is -5.55. The van der Waals surface area contributed by atoms with Crippen molar-refractivity contribution in [3.63, 3.8) is 0 Å². The fraction of sp³-hybridized carbons (Fsp3) is 0.440. The molecule has 0 spiro atoms. The molecule has 7 nitrogen and oxygen atoms in total. The Bertz CT molecular complexity index is 1570. The summed E-state index contributed by atoms with van der Waals surface area (Å²) >= 11 is 5.47. The summed E-state index contributed by atoms with van der Waals surface area (Å²) in [5, 5.41) is 4.63. The first-order valence-corrected chi connectivity index (χ1v) is 14.1. The van der Waals surface area contributed by atoms with Crippen LogP contribution in [0, 0.1) is 12.7 Å². The Hall–Kier alpha value is -3.12. The highest BCUT2D eigenvalue weighted by atomic mass is 35.5. The van der Waals surface area contributed by atoms with Gasteiger partial charge in [-0.2, -0.15) is 43.8 Å². The number of halogens is 11. The summed E-state index contributed by atoms with van der Waals surface area (Å²) in [6.45, 7) is 1.89. The molecule has 3 rings (SSSR count). The standard InChI is InChI=1S/C25H22ClF10N3O4S/c1-4-19(38-43-22(3,24(31,32)33)17-8-14(23(28,29)30)9-18(26)20(17)27)13-5-6-16(12(2)7-13)21(40)37-15-10-39(11-15)44(41,42)25(34,35)36/h5-9,15H,4,10-11H2,1-3H3,(H,37,40)/b38-19+/t22-/m1/s1. The van der Waals surface area contributed by atoms with Gasteiger partial charge in [-0.25, -0.2) is 12.8 Å². The molecule has 0 unspecified atom stereocenters. The van der Waals surface area contributed by atoms with Crippen molar-refractivity contribution in [3.05, 3.63) is 69.0 Å². The van der Waals surface area contributed by atoms with Gasteiger partial charge in [-0.05, 0) is 55.7 Å². The Labute approximate surface area is 248 Å². The van der Waals surface area contributed by atoms with E-state index in [0.717, 1.165) is 0 Å². The molecular formula is C25H22ClF10N3O4S. The Balaban J connectivity index is 1.86. The van der Waals surface area contributed by atoms with E-state index in [9.17, 15) is 57.1 Å². The average Bonchev–Trinajstić information content (AvgIpc) is 2.85. The Morgan fingerprint density at radius 1 is 1.07 bits per heavy atom. The summed E-state index contributed by atoms with van der Waals surface area (Å²) in [5.74, 6) is -2.58. The van der Waals surface area contributed by atoms with Gasteiger partial charge in [0.15, 0.2) is 0 Å². The SMILES string of the molecule is CC/C(=N\O[C@](C)(c1cc(C(F)(F)F)cc(Cl)c1F)C(F)(F)F)c1ccc(C(=O)NC2CN(S(=O)(=O)C(F)(F)F)C2)c(C)c1. The van der Waals surface area contributed by atoms with E-state index < -0.39 is 80.5 Å². The van der Waals surface area contributed by atoms with Crippen molar-refractivity contribution in [2.45, 2.75) is 56.7 Å². The average molecular weight is 686 g/mol. The molecule has 1 atom stereocenters. The van der Waals surface area contributed by atoms with E-state index >= 15 is 0 Å². The second-order valence-electron chi connectivity index (χ2n) is 9.80. The fourth-order valence-electron chi connectivity index (χ4n) is 4.05. The summed E-state index contributed by atoms with van der Waals surface area (Å²) in [6.07, 6.45) is -10.8. The molecule has 0 bridgehead atoms. The van der Waals surface area contributed by atoms with Crippen molar-refractivity contribution < 1.29 is 62.0 Å². The molecule has 1 saturated heterocycles. The van der Waals surface area contributed by atoms with E-state index in [1.54, 1.807) is 0 Å². The number of amides is 1. The van der Waals surface area contributed by atoms with Crippen LogP contribution >= 0.6 is 11.6 Å². The van der Waals surface area contributed by atoms with Crippen LogP contribution in [-0.4, -0.2) is 55.2 Å². The van der Waals surface area contributed by atoms with Crippen LogP contribution in [0.1, 0.15) is 52.9 Å². The number of oxime groups is 1. The summed E-state index contributed by atoms with van der Waals surface area (Å²) in [7, 11) is -5.55. The van der Waals surface area contributed by atoms with Gasteiger partial charge in [-0.1, -0.05) is 29.7 Å². The minimum Gasteiger partial charge on any atom is -0.374 e. The number of carbonyl (C=O) groups excluding carboxylic acids is 1. The van der Waals surface area contributed by atoms with E-state index in [1.165, 1.54) is 32.0 Å². The maximum absolute atomic E-state index is 14.7. The minimum absolute atomic E-state index is 0.0111. The maximum Gasteiger partial charge on any atom is 0.511 e. The van der Waals surface area contributed by atoms with Gasteiger partial charge in [0.2, 0.25) is 0 Å². The van der Waals surface area contributed by atoms with Crippen LogP contribution in [0.15, 0.2) is 35.5 Å². The zero-order valence-electron chi connectivity index (χ0n) is 22.7. The van der Waals surface area contributed by atoms with Crippen LogP contribution in [0.4, 0.5) is 43.9 Å². The second kappa shape index (κ2) is 12.0. The number of hydrogen-bond acceptors (Lipinski definition) is 5. The monoisotopic (exact) mass is 685 g/mol. The predicted octanol–water partition coefficient (Wildman–Crippen LogP) is 6.68. The molecule has 1 N–H and O–H groups in total. The lowest BCUT2D eigenvalue weighted by Crippen LogP contribution is -2.62. The van der Waals surface area contributed by atoms with Gasteiger partial charge >= 0.3 is 27.9 Å². The largest absolute Gasteiger partial charge is 0.511 e. The molecule has 2 aromatic carbocycles. The van der Waals surface area contributed by atoms with Crippen molar-refractivity contribution in [1.82, 2.24) is 9.62 Å². The van der Waals surface area contributed by atoms with Crippen molar-refractivity contribution in [2.24, 2.45) is 5.16 Å². The molecule has 19 heteroatoms. The zero-order chi connectivity index (χ0) is 33.6. The first-order chi connectivity index (χ1) is 19.9. The molecule has 1 fully saturated rings. The summed E-state index contributed by atoms with van der Waals surface area (Å²) in [4.78, 5) is 17.4. The van der Waals surface area contributed by atoms with Gasteiger partial charge in [0.05, 0.1) is 22.3 Å².